The predicted molar refractivity (Wildman–Crippen MR) is 160 cm³/mol. The smallest absolute Gasteiger partial charge is 0.265 e. The van der Waals surface area contributed by atoms with Crippen LogP contribution in [0.25, 0.3) is 11.4 Å². The third-order valence-electron chi connectivity index (χ3n) is 7.64. The number of morpholine rings is 1. The van der Waals surface area contributed by atoms with Crippen molar-refractivity contribution >= 4 is 28.9 Å². The lowest BCUT2D eigenvalue weighted by molar-refractivity contribution is 0.0342. The van der Waals surface area contributed by atoms with Gasteiger partial charge in [-0.3, -0.25) is 9.69 Å². The summed E-state index contributed by atoms with van der Waals surface area (Å²) in [6, 6.07) is 15.9. The van der Waals surface area contributed by atoms with E-state index in [0.717, 1.165) is 51.3 Å². The molecule has 2 aliphatic rings. The molecule has 0 spiro atoms. The van der Waals surface area contributed by atoms with E-state index in [1.807, 2.05) is 18.2 Å². The van der Waals surface area contributed by atoms with E-state index in [9.17, 15) is 9.90 Å². The maximum Gasteiger partial charge on any atom is 0.265 e. The molecule has 0 bridgehead atoms. The fourth-order valence-corrected chi connectivity index (χ4v) is 6.62. The van der Waals surface area contributed by atoms with Crippen molar-refractivity contribution in [3.8, 4) is 11.4 Å². The number of fused-ring (bicyclic) bond motifs is 1. The molecule has 3 heterocycles. The average Bonchev–Trinajstić information content (AvgIpc) is 3.43. The number of carbonyl (C=O) groups excluding carboxylic acids is 1. The minimum atomic E-state index is -0.293. The number of rotatable bonds is 8. The first-order chi connectivity index (χ1) is 20.1. The number of aliphatic hydroxyl groups excluding tert-OH is 1. The van der Waals surface area contributed by atoms with Crippen molar-refractivity contribution in [1.82, 2.24) is 19.9 Å². The lowest BCUT2D eigenvalue weighted by atomic mass is 9.99. The Labute approximate surface area is 243 Å². The Morgan fingerprint density at radius 1 is 1.02 bits per heavy atom. The lowest BCUT2D eigenvalue weighted by Gasteiger charge is -2.26. The van der Waals surface area contributed by atoms with Crippen LogP contribution in [0, 0.1) is 0 Å². The quantitative estimate of drug-likeness (QED) is 0.287. The van der Waals surface area contributed by atoms with Gasteiger partial charge < -0.3 is 20.9 Å². The summed E-state index contributed by atoms with van der Waals surface area (Å²) >= 11 is 1.56. The third-order valence-corrected chi connectivity index (χ3v) is 8.87. The summed E-state index contributed by atoms with van der Waals surface area (Å²) in [6.07, 6.45) is 4.89. The minimum absolute atomic E-state index is 0.108. The van der Waals surface area contributed by atoms with Crippen molar-refractivity contribution in [2.45, 2.75) is 45.3 Å². The van der Waals surface area contributed by atoms with E-state index in [0.29, 0.717) is 39.8 Å². The van der Waals surface area contributed by atoms with Gasteiger partial charge in [-0.1, -0.05) is 36.4 Å². The molecule has 212 valence electrons. The molecule has 10 heteroatoms. The SMILES string of the molecule is Nc1nc(Cc2ccc(CN3CCOCC3)cc2)nc(-c2cccc(NC(=O)c3cc4c(s3)CCCC4)c2CO)n1. The number of aromatic nitrogens is 3. The van der Waals surface area contributed by atoms with Crippen LogP contribution in [0.2, 0.25) is 0 Å². The van der Waals surface area contributed by atoms with Crippen LogP contribution >= 0.6 is 11.3 Å². The van der Waals surface area contributed by atoms with E-state index in [1.54, 1.807) is 17.4 Å². The number of anilines is 2. The fourth-order valence-electron chi connectivity index (χ4n) is 5.47. The molecule has 1 saturated heterocycles. The molecular weight excluding hydrogens is 536 g/mol. The van der Waals surface area contributed by atoms with Gasteiger partial charge in [0.05, 0.1) is 24.7 Å². The molecule has 9 nitrogen and oxygen atoms in total. The predicted octanol–water partition coefficient (Wildman–Crippen LogP) is 4.23. The second kappa shape index (κ2) is 12.4. The molecule has 1 aliphatic carbocycles. The molecule has 4 aromatic rings. The Balaban J connectivity index is 1.20. The Morgan fingerprint density at radius 2 is 1.80 bits per heavy atom. The number of aryl methyl sites for hydroxylation is 2. The standard InChI is InChI=1S/C31H34N6O3S/c32-31-35-28(16-20-8-10-21(11-9-20)18-37-12-14-40-15-13-37)34-29(36-31)23-5-3-6-25(24(23)19-38)33-30(39)27-17-22-4-1-2-7-26(22)41-27/h3,5-6,8-11,17,38H,1-2,4,7,12-16,18-19H2,(H,33,39)(H2,32,34,35,36). The van der Waals surface area contributed by atoms with Crippen molar-refractivity contribution in [1.29, 1.82) is 0 Å². The van der Waals surface area contributed by atoms with Crippen molar-refractivity contribution in [2.75, 3.05) is 37.4 Å². The molecule has 0 unspecified atom stereocenters. The van der Waals surface area contributed by atoms with E-state index in [2.05, 4.69) is 44.5 Å². The maximum absolute atomic E-state index is 13.1. The molecule has 2 aromatic carbocycles. The van der Waals surface area contributed by atoms with Crippen molar-refractivity contribution in [3.05, 3.63) is 86.4 Å². The highest BCUT2D eigenvalue weighted by molar-refractivity contribution is 7.14. The van der Waals surface area contributed by atoms with Crippen LogP contribution < -0.4 is 11.1 Å². The van der Waals surface area contributed by atoms with Gasteiger partial charge in [0.1, 0.15) is 5.82 Å². The summed E-state index contributed by atoms with van der Waals surface area (Å²) in [7, 11) is 0. The molecule has 41 heavy (non-hydrogen) atoms. The van der Waals surface area contributed by atoms with Gasteiger partial charge >= 0.3 is 0 Å². The minimum Gasteiger partial charge on any atom is -0.392 e. The maximum atomic E-state index is 13.1. The highest BCUT2D eigenvalue weighted by Gasteiger charge is 2.20. The number of benzene rings is 2. The molecule has 0 saturated carbocycles. The number of ether oxygens (including phenoxy) is 1. The zero-order valence-corrected chi connectivity index (χ0v) is 23.8. The van der Waals surface area contributed by atoms with Gasteiger partial charge in [-0.15, -0.1) is 11.3 Å². The second-order valence-corrected chi connectivity index (χ2v) is 11.7. The Kier molecular flexibility index (Phi) is 8.33. The summed E-state index contributed by atoms with van der Waals surface area (Å²) in [4.78, 5) is 31.0. The molecule has 0 atom stereocenters. The summed E-state index contributed by atoms with van der Waals surface area (Å²) in [6.45, 7) is 4.07. The van der Waals surface area contributed by atoms with Gasteiger partial charge in [-0.25, -0.2) is 4.98 Å². The number of amides is 1. The van der Waals surface area contributed by atoms with Gasteiger partial charge in [-0.2, -0.15) is 9.97 Å². The summed E-state index contributed by atoms with van der Waals surface area (Å²) in [5.41, 5.74) is 11.4. The van der Waals surface area contributed by atoms with Gasteiger partial charge in [0.25, 0.3) is 5.91 Å². The Bertz CT molecular complexity index is 1510. The van der Waals surface area contributed by atoms with Crippen LogP contribution in [0.4, 0.5) is 11.6 Å². The first kappa shape index (κ1) is 27.5. The van der Waals surface area contributed by atoms with E-state index in [-0.39, 0.29) is 18.5 Å². The number of hydrogen-bond acceptors (Lipinski definition) is 9. The van der Waals surface area contributed by atoms with Crippen LogP contribution in [-0.2, 0) is 37.2 Å². The molecular formula is C31H34N6O3S. The summed E-state index contributed by atoms with van der Waals surface area (Å²) < 4.78 is 5.44. The highest BCUT2D eigenvalue weighted by Crippen LogP contribution is 2.32. The first-order valence-corrected chi connectivity index (χ1v) is 14.9. The summed E-state index contributed by atoms with van der Waals surface area (Å²) in [5.74, 6) is 0.833. The number of nitrogens with one attached hydrogen (secondary N) is 1. The van der Waals surface area contributed by atoms with Gasteiger partial charge in [0, 0.05) is 47.7 Å². The zero-order valence-electron chi connectivity index (χ0n) is 22.9. The van der Waals surface area contributed by atoms with Crippen LogP contribution in [-0.4, -0.2) is 57.2 Å². The van der Waals surface area contributed by atoms with Crippen LogP contribution in [0.5, 0.6) is 0 Å². The zero-order chi connectivity index (χ0) is 28.2. The number of nitrogen functional groups attached to an aromatic ring is 1. The molecule has 2 aromatic heterocycles. The average molecular weight is 571 g/mol. The van der Waals surface area contributed by atoms with Crippen LogP contribution in [0.15, 0.2) is 48.5 Å². The van der Waals surface area contributed by atoms with Gasteiger partial charge in [0.2, 0.25) is 5.95 Å². The summed E-state index contributed by atoms with van der Waals surface area (Å²) in [5, 5.41) is 13.3. The Hall–Kier alpha value is -3.70. The molecule has 1 amide bonds. The normalized spacial score (nSPS) is 15.4. The molecule has 1 aliphatic heterocycles. The number of nitrogens with two attached hydrogens (primary N) is 1. The number of carbonyl (C=O) groups is 1. The van der Waals surface area contributed by atoms with Crippen LogP contribution in [0.3, 0.4) is 0 Å². The first-order valence-electron chi connectivity index (χ1n) is 14.1. The van der Waals surface area contributed by atoms with Crippen LogP contribution in [0.1, 0.15) is 55.5 Å². The van der Waals surface area contributed by atoms with E-state index in [4.69, 9.17) is 15.5 Å². The second-order valence-electron chi connectivity index (χ2n) is 10.5. The van der Waals surface area contributed by atoms with E-state index < -0.39 is 0 Å². The molecule has 1 fully saturated rings. The van der Waals surface area contributed by atoms with Crippen molar-refractivity contribution in [2.24, 2.45) is 0 Å². The topological polar surface area (TPSA) is 126 Å². The number of hydrogen-bond donors (Lipinski definition) is 3. The number of nitrogens with zero attached hydrogens (tertiary/aromatic N) is 4. The third kappa shape index (κ3) is 6.46. The number of thiophene rings is 1. The largest absolute Gasteiger partial charge is 0.392 e. The van der Waals surface area contributed by atoms with E-state index >= 15 is 0 Å². The number of aliphatic hydroxyl groups is 1. The highest BCUT2D eigenvalue weighted by atomic mass is 32.1. The van der Waals surface area contributed by atoms with Gasteiger partial charge in [0.15, 0.2) is 5.82 Å². The lowest BCUT2D eigenvalue weighted by Crippen LogP contribution is -2.35. The Morgan fingerprint density at radius 3 is 2.59 bits per heavy atom. The van der Waals surface area contributed by atoms with Gasteiger partial charge in [-0.05, 0) is 54.5 Å². The van der Waals surface area contributed by atoms with E-state index in [1.165, 1.54) is 28.8 Å². The van der Waals surface area contributed by atoms with Crippen molar-refractivity contribution in [3.63, 3.8) is 0 Å². The fraction of sp³-hybridized carbons (Fsp3) is 0.355. The molecule has 0 radical (unpaired) electrons. The van der Waals surface area contributed by atoms with Crippen molar-refractivity contribution < 1.29 is 14.6 Å². The monoisotopic (exact) mass is 570 g/mol. The molecule has 4 N–H and O–H groups in total. The molecule has 6 rings (SSSR count).